The highest BCUT2D eigenvalue weighted by Crippen LogP contribution is 2.26. The molecule has 4 N–H and O–H groups in total. The summed E-state index contributed by atoms with van der Waals surface area (Å²) < 4.78 is 0. The van der Waals surface area contributed by atoms with E-state index in [4.69, 9.17) is 11.7 Å². The minimum Gasteiger partial charge on any atom is -0.307 e. The first kappa shape index (κ1) is 18.0. The number of rotatable bonds is 6. The van der Waals surface area contributed by atoms with E-state index in [0.717, 1.165) is 22.1 Å². The molecule has 4 nitrogen and oxygen atoms in total. The molecule has 4 aromatic carbocycles. The summed E-state index contributed by atoms with van der Waals surface area (Å²) in [5, 5.41) is 5.81. The summed E-state index contributed by atoms with van der Waals surface area (Å²) in [5.74, 6) is 12.6. The van der Waals surface area contributed by atoms with Crippen molar-refractivity contribution in [3.8, 4) is 0 Å². The molecule has 0 aromatic heterocycles. The molecule has 0 heterocycles. The second-order valence-corrected chi connectivity index (χ2v) is 6.94. The highest BCUT2D eigenvalue weighted by molar-refractivity contribution is 5.88. The van der Waals surface area contributed by atoms with E-state index in [1.807, 2.05) is 36.4 Å². The van der Waals surface area contributed by atoms with Crippen LogP contribution in [0.2, 0.25) is 0 Å². The molecule has 0 saturated carbocycles. The molecule has 0 atom stereocenters. The zero-order chi connectivity index (χ0) is 19.3. The van der Waals surface area contributed by atoms with Gasteiger partial charge in [-0.05, 0) is 46.2 Å². The first-order valence-corrected chi connectivity index (χ1v) is 9.35. The Morgan fingerprint density at radius 1 is 0.500 bits per heavy atom. The predicted molar refractivity (Wildman–Crippen MR) is 118 cm³/mol. The molecule has 4 aromatic rings. The van der Waals surface area contributed by atoms with Gasteiger partial charge in [-0.2, -0.15) is 0 Å². The van der Waals surface area contributed by atoms with Crippen molar-refractivity contribution in [3.05, 3.63) is 108 Å². The van der Waals surface area contributed by atoms with Gasteiger partial charge in [-0.1, -0.05) is 72.8 Å². The zero-order valence-corrected chi connectivity index (χ0v) is 15.7. The van der Waals surface area contributed by atoms with Crippen molar-refractivity contribution in [1.29, 1.82) is 0 Å². The van der Waals surface area contributed by atoms with E-state index < -0.39 is 0 Å². The van der Waals surface area contributed by atoms with E-state index in [1.165, 1.54) is 11.1 Å². The molecule has 0 unspecified atom stereocenters. The van der Waals surface area contributed by atoms with Gasteiger partial charge >= 0.3 is 0 Å². The topological polar surface area (TPSA) is 58.5 Å². The lowest BCUT2D eigenvalue weighted by Crippen LogP contribution is -2.30. The molecule has 0 bridgehead atoms. The van der Waals surface area contributed by atoms with Crippen molar-refractivity contribution < 1.29 is 0 Å². The molecule has 0 spiro atoms. The van der Waals surface area contributed by atoms with Crippen LogP contribution >= 0.6 is 0 Å². The number of hydrazine groups is 2. The standard InChI is InChI=1S/C24H24N4/c25-27(17-19-7-3-1-4-8-19)23-13-11-21-12-14-24(16-22(21)15-23)28(26)18-20-9-5-2-6-10-20/h1-16H,17-18,25-26H2. The van der Waals surface area contributed by atoms with Crippen molar-refractivity contribution in [2.24, 2.45) is 11.7 Å². The molecule has 28 heavy (non-hydrogen) atoms. The third-order valence-electron chi connectivity index (χ3n) is 4.86. The van der Waals surface area contributed by atoms with Crippen LogP contribution in [0, 0.1) is 0 Å². The maximum absolute atomic E-state index is 6.32. The Morgan fingerprint density at radius 2 is 0.929 bits per heavy atom. The SMILES string of the molecule is NN(Cc1ccccc1)c1ccc2ccc(N(N)Cc3ccccc3)cc2c1. The van der Waals surface area contributed by atoms with Crippen LogP contribution in [0.4, 0.5) is 11.4 Å². The average Bonchev–Trinajstić information content (AvgIpc) is 2.74. The van der Waals surface area contributed by atoms with Gasteiger partial charge in [0.1, 0.15) is 0 Å². The minimum atomic E-state index is 0.656. The number of hydrogen-bond acceptors (Lipinski definition) is 4. The van der Waals surface area contributed by atoms with Crippen molar-refractivity contribution >= 4 is 22.1 Å². The summed E-state index contributed by atoms with van der Waals surface area (Å²) in [6.07, 6.45) is 0. The van der Waals surface area contributed by atoms with E-state index in [-0.39, 0.29) is 0 Å². The first-order valence-electron chi connectivity index (χ1n) is 9.35. The Hall–Kier alpha value is -3.34. The summed E-state index contributed by atoms with van der Waals surface area (Å²) in [5.41, 5.74) is 4.30. The lowest BCUT2D eigenvalue weighted by atomic mass is 10.1. The Balaban J connectivity index is 1.56. The van der Waals surface area contributed by atoms with Crippen molar-refractivity contribution in [2.75, 3.05) is 10.0 Å². The first-order chi connectivity index (χ1) is 13.7. The molecule has 0 amide bonds. The molecule has 4 rings (SSSR count). The Kier molecular flexibility index (Phi) is 5.24. The van der Waals surface area contributed by atoms with Crippen LogP contribution in [-0.4, -0.2) is 0 Å². The minimum absolute atomic E-state index is 0.656. The summed E-state index contributed by atoms with van der Waals surface area (Å²) in [6.45, 7) is 1.31. The summed E-state index contributed by atoms with van der Waals surface area (Å²) in [4.78, 5) is 0. The van der Waals surface area contributed by atoms with Crippen molar-refractivity contribution in [1.82, 2.24) is 0 Å². The molecule has 0 aliphatic rings. The van der Waals surface area contributed by atoms with Crippen LogP contribution in [0.25, 0.3) is 10.8 Å². The molecule has 0 aliphatic carbocycles. The second-order valence-electron chi connectivity index (χ2n) is 6.94. The molecular formula is C24H24N4. The average molecular weight is 368 g/mol. The lowest BCUT2D eigenvalue weighted by Gasteiger charge is -2.21. The van der Waals surface area contributed by atoms with Gasteiger partial charge in [-0.15, -0.1) is 0 Å². The Bertz CT molecular complexity index is 966. The van der Waals surface area contributed by atoms with Crippen molar-refractivity contribution in [3.63, 3.8) is 0 Å². The van der Waals surface area contributed by atoms with Crippen LogP contribution in [0.1, 0.15) is 11.1 Å². The summed E-state index contributed by atoms with van der Waals surface area (Å²) in [7, 11) is 0. The largest absolute Gasteiger partial charge is 0.307 e. The highest BCUT2D eigenvalue weighted by atomic mass is 15.4. The van der Waals surface area contributed by atoms with E-state index in [9.17, 15) is 0 Å². The molecule has 140 valence electrons. The summed E-state index contributed by atoms with van der Waals surface area (Å²) >= 11 is 0. The molecule has 0 fully saturated rings. The van der Waals surface area contributed by atoms with Crippen molar-refractivity contribution in [2.45, 2.75) is 13.1 Å². The van der Waals surface area contributed by atoms with Crippen LogP contribution in [-0.2, 0) is 13.1 Å². The fourth-order valence-electron chi connectivity index (χ4n) is 3.32. The van der Waals surface area contributed by atoms with E-state index in [1.54, 1.807) is 10.0 Å². The molecule has 0 saturated heterocycles. The van der Waals surface area contributed by atoms with Gasteiger partial charge in [0.05, 0.1) is 24.5 Å². The van der Waals surface area contributed by atoms with Gasteiger partial charge in [0.25, 0.3) is 0 Å². The normalized spacial score (nSPS) is 10.8. The van der Waals surface area contributed by atoms with E-state index >= 15 is 0 Å². The quantitative estimate of drug-likeness (QED) is 0.386. The van der Waals surface area contributed by atoms with Crippen LogP contribution in [0.15, 0.2) is 97.1 Å². The van der Waals surface area contributed by atoms with Crippen LogP contribution in [0.3, 0.4) is 0 Å². The lowest BCUT2D eigenvalue weighted by molar-refractivity contribution is 0.852. The number of anilines is 2. The number of fused-ring (bicyclic) bond motifs is 1. The van der Waals surface area contributed by atoms with Crippen LogP contribution < -0.4 is 21.7 Å². The highest BCUT2D eigenvalue weighted by Gasteiger charge is 2.07. The number of nitrogens with zero attached hydrogens (tertiary/aromatic N) is 2. The Labute approximate surface area is 165 Å². The second kappa shape index (κ2) is 8.13. The van der Waals surface area contributed by atoms with Gasteiger partial charge < -0.3 is 10.0 Å². The molecular weight excluding hydrogens is 344 g/mol. The third-order valence-corrected chi connectivity index (χ3v) is 4.86. The van der Waals surface area contributed by atoms with E-state index in [0.29, 0.717) is 13.1 Å². The van der Waals surface area contributed by atoms with E-state index in [2.05, 4.69) is 60.7 Å². The van der Waals surface area contributed by atoms with Crippen LogP contribution in [0.5, 0.6) is 0 Å². The van der Waals surface area contributed by atoms with Gasteiger partial charge in [0, 0.05) is 0 Å². The fourth-order valence-corrected chi connectivity index (χ4v) is 3.32. The summed E-state index contributed by atoms with van der Waals surface area (Å²) in [6, 6.07) is 32.9. The molecule has 0 aliphatic heterocycles. The third kappa shape index (κ3) is 4.14. The Morgan fingerprint density at radius 3 is 1.36 bits per heavy atom. The monoisotopic (exact) mass is 368 g/mol. The molecule has 4 heteroatoms. The number of hydrogen-bond donors (Lipinski definition) is 2. The van der Waals surface area contributed by atoms with Gasteiger partial charge in [0.2, 0.25) is 0 Å². The zero-order valence-electron chi connectivity index (χ0n) is 15.7. The van der Waals surface area contributed by atoms with Gasteiger partial charge in [0.15, 0.2) is 0 Å². The number of benzene rings is 4. The van der Waals surface area contributed by atoms with Gasteiger partial charge in [-0.25, -0.2) is 11.7 Å². The predicted octanol–water partition coefficient (Wildman–Crippen LogP) is 4.60. The maximum atomic E-state index is 6.32. The maximum Gasteiger partial charge on any atom is 0.0592 e. The molecule has 0 radical (unpaired) electrons. The van der Waals surface area contributed by atoms with Gasteiger partial charge in [-0.3, -0.25) is 0 Å². The smallest absolute Gasteiger partial charge is 0.0592 e. The number of nitrogens with two attached hydrogens (primary N) is 2. The fraction of sp³-hybridized carbons (Fsp3) is 0.0833.